The topological polar surface area (TPSA) is 20.3 Å². The third-order valence-electron chi connectivity index (χ3n) is 3.24. The van der Waals surface area contributed by atoms with Crippen LogP contribution in [0.15, 0.2) is 48.5 Å². The zero-order valence-corrected chi connectivity index (χ0v) is 11.7. The molecule has 0 bridgehead atoms. The van der Waals surface area contributed by atoms with Crippen LogP contribution < -0.4 is 4.90 Å². The Morgan fingerprint density at radius 3 is 2.32 bits per heavy atom. The second-order valence-electron chi connectivity index (χ2n) is 4.70. The van der Waals surface area contributed by atoms with Crippen molar-refractivity contribution in [2.75, 3.05) is 11.4 Å². The molecule has 2 aromatic carbocycles. The number of benzene rings is 2. The average molecular weight is 253 g/mol. The standard InChI is InChI=1S/C17H19NO/c1-4-18(15-8-6-5-7-9-15)17(19)16-11-10-13(2)12-14(16)3/h5-12H,4H2,1-3H3. The minimum absolute atomic E-state index is 0.0613. The molecule has 19 heavy (non-hydrogen) atoms. The van der Waals surface area contributed by atoms with E-state index < -0.39 is 0 Å². The number of aryl methyl sites for hydroxylation is 2. The second kappa shape index (κ2) is 5.70. The van der Waals surface area contributed by atoms with Gasteiger partial charge < -0.3 is 4.90 Å². The Labute approximate surface area is 114 Å². The van der Waals surface area contributed by atoms with Crippen LogP contribution in [0, 0.1) is 13.8 Å². The summed E-state index contributed by atoms with van der Waals surface area (Å²) in [6, 6.07) is 15.7. The van der Waals surface area contributed by atoms with Crippen LogP contribution in [0.1, 0.15) is 28.4 Å². The zero-order valence-electron chi connectivity index (χ0n) is 11.7. The third-order valence-corrected chi connectivity index (χ3v) is 3.24. The minimum atomic E-state index is 0.0613. The molecule has 98 valence electrons. The van der Waals surface area contributed by atoms with Gasteiger partial charge in [0.15, 0.2) is 0 Å². The van der Waals surface area contributed by atoms with Gasteiger partial charge in [-0.05, 0) is 44.5 Å². The van der Waals surface area contributed by atoms with E-state index in [2.05, 4.69) is 0 Å². The number of hydrogen-bond donors (Lipinski definition) is 0. The largest absolute Gasteiger partial charge is 0.309 e. The van der Waals surface area contributed by atoms with E-state index in [4.69, 9.17) is 0 Å². The molecule has 0 aliphatic carbocycles. The minimum Gasteiger partial charge on any atom is -0.309 e. The van der Waals surface area contributed by atoms with Gasteiger partial charge in [0.1, 0.15) is 0 Å². The number of amides is 1. The highest BCUT2D eigenvalue weighted by molar-refractivity contribution is 6.07. The first kappa shape index (κ1) is 13.3. The first-order chi connectivity index (χ1) is 9.13. The van der Waals surface area contributed by atoms with Crippen molar-refractivity contribution in [3.05, 3.63) is 65.2 Å². The Bertz CT molecular complexity index is 575. The highest BCUT2D eigenvalue weighted by Crippen LogP contribution is 2.19. The van der Waals surface area contributed by atoms with Gasteiger partial charge in [-0.3, -0.25) is 4.79 Å². The zero-order chi connectivity index (χ0) is 13.8. The lowest BCUT2D eigenvalue weighted by molar-refractivity contribution is 0.0987. The maximum Gasteiger partial charge on any atom is 0.258 e. The Hall–Kier alpha value is -2.09. The van der Waals surface area contributed by atoms with E-state index in [9.17, 15) is 4.79 Å². The first-order valence-corrected chi connectivity index (χ1v) is 6.57. The van der Waals surface area contributed by atoms with E-state index in [1.54, 1.807) is 4.90 Å². The van der Waals surface area contributed by atoms with Crippen molar-refractivity contribution in [2.24, 2.45) is 0 Å². The second-order valence-corrected chi connectivity index (χ2v) is 4.70. The average Bonchev–Trinajstić information content (AvgIpc) is 2.40. The molecule has 0 saturated carbocycles. The highest BCUT2D eigenvalue weighted by Gasteiger charge is 2.17. The van der Waals surface area contributed by atoms with Crippen molar-refractivity contribution in [3.63, 3.8) is 0 Å². The van der Waals surface area contributed by atoms with Crippen LogP contribution in [0.3, 0.4) is 0 Å². The fraction of sp³-hybridized carbons (Fsp3) is 0.235. The lowest BCUT2D eigenvalue weighted by atomic mass is 10.0. The Balaban J connectivity index is 2.36. The summed E-state index contributed by atoms with van der Waals surface area (Å²) in [6.45, 7) is 6.68. The number of hydrogen-bond acceptors (Lipinski definition) is 1. The molecule has 2 rings (SSSR count). The van der Waals surface area contributed by atoms with Gasteiger partial charge in [-0.25, -0.2) is 0 Å². The van der Waals surface area contributed by atoms with Gasteiger partial charge in [0.25, 0.3) is 5.91 Å². The number of nitrogens with zero attached hydrogens (tertiary/aromatic N) is 1. The molecule has 0 fully saturated rings. The summed E-state index contributed by atoms with van der Waals surface area (Å²) in [6.07, 6.45) is 0. The van der Waals surface area contributed by atoms with Crippen LogP contribution in [0.25, 0.3) is 0 Å². The summed E-state index contributed by atoms with van der Waals surface area (Å²) >= 11 is 0. The Kier molecular flexibility index (Phi) is 4.00. The summed E-state index contributed by atoms with van der Waals surface area (Å²) in [5, 5.41) is 0. The molecular weight excluding hydrogens is 234 g/mol. The van der Waals surface area contributed by atoms with E-state index in [0.717, 1.165) is 16.8 Å². The van der Waals surface area contributed by atoms with Crippen molar-refractivity contribution in [3.8, 4) is 0 Å². The normalized spacial score (nSPS) is 10.3. The van der Waals surface area contributed by atoms with E-state index in [1.807, 2.05) is 69.3 Å². The lowest BCUT2D eigenvalue weighted by Gasteiger charge is -2.22. The molecule has 0 N–H and O–H groups in total. The molecule has 2 heteroatoms. The van der Waals surface area contributed by atoms with Gasteiger partial charge in [-0.2, -0.15) is 0 Å². The van der Waals surface area contributed by atoms with Crippen LogP contribution in [-0.4, -0.2) is 12.5 Å². The molecule has 1 amide bonds. The molecule has 2 nitrogen and oxygen atoms in total. The molecule has 0 unspecified atom stereocenters. The Morgan fingerprint density at radius 1 is 1.05 bits per heavy atom. The first-order valence-electron chi connectivity index (χ1n) is 6.57. The highest BCUT2D eigenvalue weighted by atomic mass is 16.2. The fourth-order valence-electron chi connectivity index (χ4n) is 2.25. The van der Waals surface area contributed by atoms with Crippen LogP contribution >= 0.6 is 0 Å². The number of anilines is 1. The molecule has 0 spiro atoms. The van der Waals surface area contributed by atoms with Gasteiger partial charge >= 0.3 is 0 Å². The van der Waals surface area contributed by atoms with E-state index in [1.165, 1.54) is 5.56 Å². The van der Waals surface area contributed by atoms with Crippen LogP contribution in [0.2, 0.25) is 0 Å². The van der Waals surface area contributed by atoms with Gasteiger partial charge in [-0.15, -0.1) is 0 Å². The van der Waals surface area contributed by atoms with Crippen molar-refractivity contribution < 1.29 is 4.79 Å². The van der Waals surface area contributed by atoms with E-state index >= 15 is 0 Å². The predicted molar refractivity (Wildman–Crippen MR) is 79.7 cm³/mol. The van der Waals surface area contributed by atoms with Crippen molar-refractivity contribution >= 4 is 11.6 Å². The maximum atomic E-state index is 12.6. The quantitative estimate of drug-likeness (QED) is 0.810. The molecule has 0 aromatic heterocycles. The van der Waals surface area contributed by atoms with Gasteiger partial charge in [0, 0.05) is 17.8 Å². The van der Waals surface area contributed by atoms with Gasteiger partial charge in [-0.1, -0.05) is 35.9 Å². The van der Waals surface area contributed by atoms with Crippen LogP contribution in [-0.2, 0) is 0 Å². The number of carbonyl (C=O) groups excluding carboxylic acids is 1. The van der Waals surface area contributed by atoms with Crippen molar-refractivity contribution in [2.45, 2.75) is 20.8 Å². The smallest absolute Gasteiger partial charge is 0.258 e. The molecule has 0 saturated heterocycles. The summed E-state index contributed by atoms with van der Waals surface area (Å²) in [4.78, 5) is 14.4. The number of rotatable bonds is 3. The van der Waals surface area contributed by atoms with Crippen LogP contribution in [0.5, 0.6) is 0 Å². The molecule has 0 heterocycles. The van der Waals surface area contributed by atoms with Crippen LogP contribution in [0.4, 0.5) is 5.69 Å². The third kappa shape index (κ3) is 2.84. The molecule has 0 aliphatic heterocycles. The van der Waals surface area contributed by atoms with E-state index in [-0.39, 0.29) is 5.91 Å². The van der Waals surface area contributed by atoms with E-state index in [0.29, 0.717) is 6.54 Å². The lowest BCUT2D eigenvalue weighted by Crippen LogP contribution is -2.31. The molecule has 0 atom stereocenters. The number of carbonyl (C=O) groups is 1. The predicted octanol–water partition coefficient (Wildman–Crippen LogP) is 3.97. The maximum absolute atomic E-state index is 12.6. The fourth-order valence-corrected chi connectivity index (χ4v) is 2.25. The van der Waals surface area contributed by atoms with Gasteiger partial charge in [0.2, 0.25) is 0 Å². The summed E-state index contributed by atoms with van der Waals surface area (Å²) < 4.78 is 0. The Morgan fingerprint density at radius 2 is 1.74 bits per heavy atom. The molecular formula is C17H19NO. The molecule has 2 aromatic rings. The summed E-state index contributed by atoms with van der Waals surface area (Å²) in [5.41, 5.74) is 3.92. The molecule has 0 radical (unpaired) electrons. The number of para-hydroxylation sites is 1. The van der Waals surface area contributed by atoms with Gasteiger partial charge in [0.05, 0.1) is 0 Å². The monoisotopic (exact) mass is 253 g/mol. The SMILES string of the molecule is CCN(C(=O)c1ccc(C)cc1C)c1ccccc1. The molecule has 0 aliphatic rings. The van der Waals surface area contributed by atoms with Crippen molar-refractivity contribution in [1.29, 1.82) is 0 Å². The van der Waals surface area contributed by atoms with Crippen molar-refractivity contribution in [1.82, 2.24) is 0 Å². The summed E-state index contributed by atoms with van der Waals surface area (Å²) in [7, 11) is 0. The summed E-state index contributed by atoms with van der Waals surface area (Å²) in [5.74, 6) is 0.0613.